The maximum Gasteiger partial charge on any atom is 0.335 e. The third-order valence-electron chi connectivity index (χ3n) is 3.80. The van der Waals surface area contributed by atoms with Crippen molar-refractivity contribution in [3.8, 4) is 11.5 Å². The lowest BCUT2D eigenvalue weighted by molar-refractivity contribution is 0.0696. The molecule has 1 aromatic rings. The summed E-state index contributed by atoms with van der Waals surface area (Å²) in [5.74, 6) is 0.695. The first kappa shape index (κ1) is 13.7. The van der Waals surface area contributed by atoms with Gasteiger partial charge >= 0.3 is 5.97 Å². The number of rotatable bonds is 4. The molecule has 0 bridgehead atoms. The van der Waals surface area contributed by atoms with Crippen molar-refractivity contribution in [1.29, 1.82) is 0 Å². The van der Waals surface area contributed by atoms with E-state index in [1.165, 1.54) is 19.3 Å². The van der Waals surface area contributed by atoms with Crippen LogP contribution in [0.15, 0.2) is 12.1 Å². The number of carboxylic acid groups (broad SMARTS) is 1. The van der Waals surface area contributed by atoms with Gasteiger partial charge in [-0.15, -0.1) is 0 Å². The number of benzene rings is 1. The first-order chi connectivity index (χ1) is 9.17. The predicted molar refractivity (Wildman–Crippen MR) is 72.3 cm³/mol. The minimum Gasteiger partial charge on any atom is -0.496 e. The summed E-state index contributed by atoms with van der Waals surface area (Å²) in [6, 6.07) is 3.18. The molecule has 1 aromatic carbocycles. The van der Waals surface area contributed by atoms with E-state index in [2.05, 4.69) is 0 Å². The standard InChI is InChI=1S/C15H20O4/c1-18-12-8-11(15(16)17)9-13(19-2)14(12)10-6-4-3-5-7-10/h8-10H,3-7H2,1-2H3,(H,16,17). The molecule has 19 heavy (non-hydrogen) atoms. The highest BCUT2D eigenvalue weighted by atomic mass is 16.5. The summed E-state index contributed by atoms with van der Waals surface area (Å²) >= 11 is 0. The molecule has 0 saturated heterocycles. The average Bonchev–Trinajstić information content (AvgIpc) is 2.46. The highest BCUT2D eigenvalue weighted by Gasteiger charge is 2.24. The maximum atomic E-state index is 11.1. The van der Waals surface area contributed by atoms with E-state index in [1.54, 1.807) is 26.4 Å². The molecule has 0 amide bonds. The molecule has 0 aromatic heterocycles. The van der Waals surface area contributed by atoms with Gasteiger partial charge < -0.3 is 14.6 Å². The third kappa shape index (κ3) is 2.83. The van der Waals surface area contributed by atoms with Crippen LogP contribution in [0.4, 0.5) is 0 Å². The molecule has 1 aliphatic rings. The Balaban J connectivity index is 2.47. The molecular formula is C15H20O4. The fourth-order valence-corrected chi connectivity index (χ4v) is 2.86. The Kier molecular flexibility index (Phi) is 4.30. The lowest BCUT2D eigenvalue weighted by atomic mass is 9.83. The SMILES string of the molecule is COc1cc(C(=O)O)cc(OC)c1C1CCCCC1. The fraction of sp³-hybridized carbons (Fsp3) is 0.533. The summed E-state index contributed by atoms with van der Waals surface area (Å²) in [5.41, 5.74) is 1.22. The summed E-state index contributed by atoms with van der Waals surface area (Å²) in [5, 5.41) is 9.11. The van der Waals surface area contributed by atoms with Gasteiger partial charge in [-0.05, 0) is 30.9 Å². The van der Waals surface area contributed by atoms with Crippen LogP contribution >= 0.6 is 0 Å². The summed E-state index contributed by atoms with van der Waals surface area (Å²) < 4.78 is 10.8. The van der Waals surface area contributed by atoms with Crippen LogP contribution < -0.4 is 9.47 Å². The molecule has 1 N–H and O–H groups in total. The third-order valence-corrected chi connectivity index (χ3v) is 3.80. The van der Waals surface area contributed by atoms with Gasteiger partial charge in [0.2, 0.25) is 0 Å². The van der Waals surface area contributed by atoms with Crippen molar-refractivity contribution in [2.75, 3.05) is 14.2 Å². The number of carboxylic acids is 1. The highest BCUT2D eigenvalue weighted by Crippen LogP contribution is 2.43. The Morgan fingerprint density at radius 1 is 1.11 bits per heavy atom. The summed E-state index contributed by atoms with van der Waals surface area (Å²) in [7, 11) is 3.15. The van der Waals surface area contributed by atoms with Crippen molar-refractivity contribution in [1.82, 2.24) is 0 Å². The zero-order chi connectivity index (χ0) is 13.8. The smallest absolute Gasteiger partial charge is 0.335 e. The first-order valence-electron chi connectivity index (χ1n) is 6.66. The molecule has 0 heterocycles. The van der Waals surface area contributed by atoms with E-state index in [9.17, 15) is 4.79 Å². The zero-order valence-electron chi connectivity index (χ0n) is 11.4. The van der Waals surface area contributed by atoms with Gasteiger partial charge in [0.1, 0.15) is 11.5 Å². The number of hydrogen-bond acceptors (Lipinski definition) is 3. The summed E-state index contributed by atoms with van der Waals surface area (Å²) in [6.45, 7) is 0. The number of aromatic carboxylic acids is 1. The van der Waals surface area contributed by atoms with Gasteiger partial charge in [-0.3, -0.25) is 0 Å². The van der Waals surface area contributed by atoms with Crippen LogP contribution in [0.3, 0.4) is 0 Å². The second-order valence-corrected chi connectivity index (χ2v) is 4.93. The van der Waals surface area contributed by atoms with Crippen molar-refractivity contribution in [3.63, 3.8) is 0 Å². The molecule has 4 heteroatoms. The lowest BCUT2D eigenvalue weighted by Crippen LogP contribution is -2.09. The van der Waals surface area contributed by atoms with Gasteiger partial charge in [0.05, 0.1) is 19.8 Å². The van der Waals surface area contributed by atoms with Gasteiger partial charge in [-0.1, -0.05) is 19.3 Å². The molecule has 0 spiro atoms. The topological polar surface area (TPSA) is 55.8 Å². The molecule has 0 unspecified atom stereocenters. The van der Waals surface area contributed by atoms with Crippen LogP contribution in [-0.2, 0) is 0 Å². The molecule has 1 saturated carbocycles. The second kappa shape index (κ2) is 5.95. The summed E-state index contributed by atoms with van der Waals surface area (Å²) in [4.78, 5) is 11.1. The largest absolute Gasteiger partial charge is 0.496 e. The summed E-state index contributed by atoms with van der Waals surface area (Å²) in [6.07, 6.45) is 5.90. The van der Waals surface area contributed by atoms with E-state index in [-0.39, 0.29) is 5.56 Å². The van der Waals surface area contributed by atoms with Crippen molar-refractivity contribution >= 4 is 5.97 Å². The Morgan fingerprint density at radius 2 is 1.63 bits per heavy atom. The Labute approximate surface area is 113 Å². The molecule has 1 aliphatic carbocycles. The van der Waals surface area contributed by atoms with Crippen molar-refractivity contribution in [3.05, 3.63) is 23.3 Å². The van der Waals surface area contributed by atoms with Crippen LogP contribution in [-0.4, -0.2) is 25.3 Å². The van der Waals surface area contributed by atoms with E-state index in [0.29, 0.717) is 17.4 Å². The molecular weight excluding hydrogens is 244 g/mol. The minimum absolute atomic E-state index is 0.202. The average molecular weight is 264 g/mol. The van der Waals surface area contributed by atoms with Gasteiger partial charge in [-0.2, -0.15) is 0 Å². The molecule has 0 atom stereocenters. The van der Waals surface area contributed by atoms with Crippen molar-refractivity contribution < 1.29 is 19.4 Å². The monoisotopic (exact) mass is 264 g/mol. The first-order valence-corrected chi connectivity index (χ1v) is 6.66. The van der Waals surface area contributed by atoms with Crippen LogP contribution in [0.1, 0.15) is 53.9 Å². The van der Waals surface area contributed by atoms with Gasteiger partial charge in [0.25, 0.3) is 0 Å². The molecule has 0 radical (unpaired) electrons. The quantitative estimate of drug-likeness (QED) is 0.905. The van der Waals surface area contributed by atoms with Gasteiger partial charge in [0, 0.05) is 5.56 Å². The van der Waals surface area contributed by atoms with Crippen LogP contribution in [0, 0.1) is 0 Å². The van der Waals surface area contributed by atoms with Crippen LogP contribution in [0.25, 0.3) is 0 Å². The van der Waals surface area contributed by atoms with Crippen molar-refractivity contribution in [2.45, 2.75) is 38.0 Å². The second-order valence-electron chi connectivity index (χ2n) is 4.93. The van der Waals surface area contributed by atoms with E-state index >= 15 is 0 Å². The van der Waals surface area contributed by atoms with E-state index < -0.39 is 5.97 Å². The Hall–Kier alpha value is -1.71. The van der Waals surface area contributed by atoms with Gasteiger partial charge in [-0.25, -0.2) is 4.79 Å². The number of hydrogen-bond donors (Lipinski definition) is 1. The zero-order valence-corrected chi connectivity index (χ0v) is 11.4. The molecule has 0 aliphatic heterocycles. The Morgan fingerprint density at radius 3 is 2.05 bits per heavy atom. The van der Waals surface area contributed by atoms with E-state index in [1.807, 2.05) is 0 Å². The molecule has 2 rings (SSSR count). The van der Waals surface area contributed by atoms with Crippen LogP contribution in [0.2, 0.25) is 0 Å². The lowest BCUT2D eigenvalue weighted by Gasteiger charge is -2.25. The Bertz CT molecular complexity index is 436. The van der Waals surface area contributed by atoms with Gasteiger partial charge in [0.15, 0.2) is 0 Å². The molecule has 104 valence electrons. The molecule has 4 nitrogen and oxygen atoms in total. The molecule has 1 fully saturated rings. The van der Waals surface area contributed by atoms with E-state index in [4.69, 9.17) is 14.6 Å². The van der Waals surface area contributed by atoms with E-state index in [0.717, 1.165) is 18.4 Å². The minimum atomic E-state index is -0.966. The highest BCUT2D eigenvalue weighted by molar-refractivity contribution is 5.89. The van der Waals surface area contributed by atoms with Crippen LogP contribution in [0.5, 0.6) is 11.5 Å². The van der Waals surface area contributed by atoms with Crippen molar-refractivity contribution in [2.24, 2.45) is 0 Å². The number of methoxy groups -OCH3 is 2. The number of carbonyl (C=O) groups is 1. The fourth-order valence-electron chi connectivity index (χ4n) is 2.86. The normalized spacial score (nSPS) is 16.1. The number of ether oxygens (including phenoxy) is 2. The maximum absolute atomic E-state index is 11.1. The predicted octanol–water partition coefficient (Wildman–Crippen LogP) is 3.45.